The molecule has 1 aromatic carbocycles. The fraction of sp³-hybridized carbons (Fsp3) is 0.214. The van der Waals surface area contributed by atoms with Gasteiger partial charge in [-0.3, -0.25) is 19.3 Å². The Morgan fingerprint density at radius 2 is 1.89 bits per heavy atom. The molecular formula is C14H13NO4. The molecule has 2 amide bonds. The number of hydrogen-bond donors (Lipinski definition) is 1. The van der Waals surface area contributed by atoms with Crippen LogP contribution in [0.4, 0.5) is 0 Å². The molecule has 98 valence electrons. The summed E-state index contributed by atoms with van der Waals surface area (Å²) in [6.45, 7) is 1.54. The van der Waals surface area contributed by atoms with Crippen LogP contribution in [-0.4, -0.2) is 27.8 Å². The van der Waals surface area contributed by atoms with Crippen molar-refractivity contribution in [1.29, 1.82) is 0 Å². The van der Waals surface area contributed by atoms with Crippen molar-refractivity contribution in [2.24, 2.45) is 0 Å². The number of imide groups is 1. The minimum absolute atomic E-state index is 0.303. The molecule has 1 aliphatic rings. The molecule has 0 bridgehead atoms. The van der Waals surface area contributed by atoms with Crippen LogP contribution >= 0.6 is 0 Å². The van der Waals surface area contributed by atoms with Crippen LogP contribution in [0.25, 0.3) is 0 Å². The van der Waals surface area contributed by atoms with E-state index in [1.807, 2.05) is 0 Å². The number of carboxylic acid groups (broad SMARTS) is 1. The smallest absolute Gasteiger partial charge is 0.305 e. The molecule has 0 radical (unpaired) electrons. The fourth-order valence-corrected chi connectivity index (χ4v) is 2.10. The summed E-state index contributed by atoms with van der Waals surface area (Å²) in [4.78, 5) is 35.8. The van der Waals surface area contributed by atoms with E-state index in [0.29, 0.717) is 11.1 Å². The third-order valence-electron chi connectivity index (χ3n) is 3.00. The van der Waals surface area contributed by atoms with E-state index < -0.39 is 23.8 Å². The van der Waals surface area contributed by atoms with E-state index in [1.165, 1.54) is 6.08 Å². The first-order valence-electron chi connectivity index (χ1n) is 5.83. The van der Waals surface area contributed by atoms with Crippen molar-refractivity contribution in [2.45, 2.75) is 19.4 Å². The molecule has 1 aromatic rings. The van der Waals surface area contributed by atoms with Crippen molar-refractivity contribution in [3.05, 3.63) is 47.5 Å². The van der Waals surface area contributed by atoms with Crippen molar-refractivity contribution in [3.8, 4) is 0 Å². The Bertz CT molecular complexity index is 562. The van der Waals surface area contributed by atoms with E-state index in [-0.39, 0.29) is 6.42 Å². The minimum atomic E-state index is -1.06. The monoisotopic (exact) mass is 259 g/mol. The Balaban J connectivity index is 2.37. The zero-order valence-corrected chi connectivity index (χ0v) is 10.4. The topological polar surface area (TPSA) is 74.7 Å². The van der Waals surface area contributed by atoms with E-state index >= 15 is 0 Å². The molecule has 5 nitrogen and oxygen atoms in total. The number of carbonyl (C=O) groups excluding carboxylic acids is 2. The van der Waals surface area contributed by atoms with Gasteiger partial charge in [0.1, 0.15) is 0 Å². The third kappa shape index (κ3) is 2.54. The van der Waals surface area contributed by atoms with Gasteiger partial charge in [0.05, 0.1) is 12.5 Å². The lowest BCUT2D eigenvalue weighted by atomic mass is 10.0. The van der Waals surface area contributed by atoms with Crippen LogP contribution in [0.15, 0.2) is 42.0 Å². The van der Waals surface area contributed by atoms with Crippen LogP contribution in [-0.2, 0) is 14.4 Å². The van der Waals surface area contributed by atoms with Crippen molar-refractivity contribution in [1.82, 2.24) is 4.90 Å². The first-order chi connectivity index (χ1) is 9.00. The van der Waals surface area contributed by atoms with Gasteiger partial charge in [0.25, 0.3) is 11.8 Å². The van der Waals surface area contributed by atoms with Crippen molar-refractivity contribution >= 4 is 17.8 Å². The molecule has 0 spiro atoms. The van der Waals surface area contributed by atoms with Crippen LogP contribution < -0.4 is 0 Å². The van der Waals surface area contributed by atoms with Gasteiger partial charge >= 0.3 is 5.97 Å². The van der Waals surface area contributed by atoms with Crippen LogP contribution in [0.3, 0.4) is 0 Å². The summed E-state index contributed by atoms with van der Waals surface area (Å²) in [7, 11) is 0. The lowest BCUT2D eigenvalue weighted by molar-refractivity contribution is -0.143. The third-order valence-corrected chi connectivity index (χ3v) is 3.00. The highest BCUT2D eigenvalue weighted by molar-refractivity contribution is 6.16. The van der Waals surface area contributed by atoms with E-state index in [4.69, 9.17) is 5.11 Å². The van der Waals surface area contributed by atoms with Crippen molar-refractivity contribution in [3.63, 3.8) is 0 Å². The average molecular weight is 259 g/mol. The highest BCUT2D eigenvalue weighted by Crippen LogP contribution is 2.29. The Labute approximate surface area is 110 Å². The second-order valence-electron chi connectivity index (χ2n) is 4.37. The Kier molecular flexibility index (Phi) is 3.46. The predicted molar refractivity (Wildman–Crippen MR) is 67.0 cm³/mol. The van der Waals surface area contributed by atoms with E-state index in [1.54, 1.807) is 37.3 Å². The number of hydrogen-bond acceptors (Lipinski definition) is 3. The summed E-state index contributed by atoms with van der Waals surface area (Å²) in [6, 6.07) is 7.93. The summed E-state index contributed by atoms with van der Waals surface area (Å²) in [5.41, 5.74) is 0.964. The highest BCUT2D eigenvalue weighted by atomic mass is 16.4. The molecule has 0 fully saturated rings. The molecule has 0 saturated heterocycles. The molecule has 1 heterocycles. The molecule has 0 aliphatic carbocycles. The number of benzene rings is 1. The Morgan fingerprint density at radius 3 is 2.37 bits per heavy atom. The van der Waals surface area contributed by atoms with Crippen molar-refractivity contribution in [2.75, 3.05) is 0 Å². The molecule has 1 atom stereocenters. The Hall–Kier alpha value is -2.43. The van der Waals surface area contributed by atoms with E-state index in [2.05, 4.69) is 0 Å². The quantitative estimate of drug-likeness (QED) is 0.832. The molecule has 5 heteroatoms. The molecule has 2 rings (SSSR count). The number of rotatable bonds is 4. The van der Waals surface area contributed by atoms with Gasteiger partial charge in [0.15, 0.2) is 0 Å². The van der Waals surface area contributed by atoms with Gasteiger partial charge in [0, 0.05) is 11.6 Å². The van der Waals surface area contributed by atoms with E-state index in [0.717, 1.165) is 4.90 Å². The normalized spacial score (nSPS) is 16.5. The zero-order valence-electron chi connectivity index (χ0n) is 10.4. The number of carbonyl (C=O) groups is 3. The van der Waals surface area contributed by atoms with E-state index in [9.17, 15) is 14.4 Å². The van der Waals surface area contributed by atoms with Gasteiger partial charge in [-0.1, -0.05) is 30.3 Å². The van der Waals surface area contributed by atoms with Gasteiger partial charge in [-0.15, -0.1) is 0 Å². The van der Waals surface area contributed by atoms with Crippen LogP contribution in [0, 0.1) is 0 Å². The maximum absolute atomic E-state index is 12.0. The van der Waals surface area contributed by atoms with Crippen molar-refractivity contribution < 1.29 is 19.5 Å². The molecule has 1 N–H and O–H groups in total. The van der Waals surface area contributed by atoms with Gasteiger partial charge < -0.3 is 5.11 Å². The SMILES string of the molecule is CC1=CC(=O)N(C(CC(=O)O)c2ccccc2)C1=O. The predicted octanol–water partition coefficient (Wildman–Crippen LogP) is 1.52. The summed E-state index contributed by atoms with van der Waals surface area (Å²) in [6.07, 6.45) is 0.933. The maximum atomic E-state index is 12.0. The van der Waals surface area contributed by atoms with Gasteiger partial charge in [-0.2, -0.15) is 0 Å². The van der Waals surface area contributed by atoms with Gasteiger partial charge in [-0.05, 0) is 12.5 Å². The number of nitrogens with zero attached hydrogens (tertiary/aromatic N) is 1. The summed E-state index contributed by atoms with van der Waals surface area (Å²) in [5.74, 6) is -1.95. The molecular weight excluding hydrogens is 246 g/mol. The molecule has 0 aromatic heterocycles. The number of aliphatic carboxylic acids is 1. The summed E-state index contributed by atoms with van der Waals surface area (Å²) < 4.78 is 0. The zero-order chi connectivity index (χ0) is 14.0. The average Bonchev–Trinajstić information content (AvgIpc) is 2.62. The second kappa shape index (κ2) is 5.06. The number of amides is 2. The molecule has 0 saturated carbocycles. The maximum Gasteiger partial charge on any atom is 0.305 e. The summed E-state index contributed by atoms with van der Waals surface area (Å²) in [5, 5.41) is 8.98. The number of carboxylic acids is 1. The van der Waals surface area contributed by atoms with Gasteiger partial charge in [0.2, 0.25) is 0 Å². The first-order valence-corrected chi connectivity index (χ1v) is 5.83. The molecule has 1 aliphatic heterocycles. The minimum Gasteiger partial charge on any atom is -0.481 e. The van der Waals surface area contributed by atoms with Crippen LogP contribution in [0.1, 0.15) is 24.9 Å². The Morgan fingerprint density at radius 1 is 1.26 bits per heavy atom. The lowest BCUT2D eigenvalue weighted by Gasteiger charge is -2.25. The molecule has 19 heavy (non-hydrogen) atoms. The van der Waals surface area contributed by atoms with Crippen LogP contribution in [0.2, 0.25) is 0 Å². The molecule has 1 unspecified atom stereocenters. The summed E-state index contributed by atoms with van der Waals surface area (Å²) >= 11 is 0. The van der Waals surface area contributed by atoms with Gasteiger partial charge in [-0.25, -0.2) is 0 Å². The first kappa shape index (κ1) is 13.0. The largest absolute Gasteiger partial charge is 0.481 e. The standard InChI is InChI=1S/C14H13NO4/c1-9-7-12(16)15(14(9)19)11(8-13(17)18)10-5-3-2-4-6-10/h2-7,11H,8H2,1H3,(H,17,18). The van der Waals surface area contributed by atoms with Crippen LogP contribution in [0.5, 0.6) is 0 Å². The second-order valence-corrected chi connectivity index (χ2v) is 4.37. The lowest BCUT2D eigenvalue weighted by Crippen LogP contribution is -2.36. The fourth-order valence-electron chi connectivity index (χ4n) is 2.10. The highest BCUT2D eigenvalue weighted by Gasteiger charge is 2.36.